The van der Waals surface area contributed by atoms with Crippen LogP contribution in [0.1, 0.15) is 42.5 Å². The number of piperidine rings is 1. The van der Waals surface area contributed by atoms with Gasteiger partial charge in [0.05, 0.1) is 24.3 Å². The highest BCUT2D eigenvalue weighted by Gasteiger charge is 2.40. The highest BCUT2D eigenvalue weighted by molar-refractivity contribution is 5.77. The molecule has 0 aliphatic carbocycles. The number of rotatable bonds is 4. The SMILES string of the molecule is Cc1nccc(CN2CCC3(CC2)CC(=O)N(Cc2nc(C)no2)CCO3)n1. The van der Waals surface area contributed by atoms with E-state index < -0.39 is 0 Å². The standard InChI is InChI=1S/C19H26N6O3/c1-14-20-6-3-16(21-14)12-24-7-4-19(5-8-24)11-18(26)25(9-10-27-19)13-17-22-15(2)23-28-17/h3,6H,4-5,7-13H2,1-2H3. The second-order valence-corrected chi connectivity index (χ2v) is 7.63. The largest absolute Gasteiger partial charge is 0.373 e. The number of carbonyl (C=O) groups excluding carboxylic acids is 1. The van der Waals surface area contributed by atoms with Crippen LogP contribution in [0.4, 0.5) is 0 Å². The lowest BCUT2D eigenvalue weighted by molar-refractivity contribution is -0.136. The van der Waals surface area contributed by atoms with Gasteiger partial charge in [0.25, 0.3) is 0 Å². The van der Waals surface area contributed by atoms with Gasteiger partial charge in [0.2, 0.25) is 11.8 Å². The van der Waals surface area contributed by atoms with Gasteiger partial charge in [-0.25, -0.2) is 9.97 Å². The van der Waals surface area contributed by atoms with Gasteiger partial charge in [-0.1, -0.05) is 5.16 Å². The summed E-state index contributed by atoms with van der Waals surface area (Å²) in [5.74, 6) is 1.93. The number of amides is 1. The van der Waals surface area contributed by atoms with E-state index in [1.807, 2.05) is 13.0 Å². The lowest BCUT2D eigenvalue weighted by Crippen LogP contribution is -2.47. The molecule has 2 aliphatic heterocycles. The van der Waals surface area contributed by atoms with E-state index in [1.54, 1.807) is 18.0 Å². The van der Waals surface area contributed by atoms with Gasteiger partial charge in [-0.15, -0.1) is 0 Å². The maximum atomic E-state index is 12.8. The molecule has 2 aromatic rings. The fourth-order valence-electron chi connectivity index (χ4n) is 3.93. The summed E-state index contributed by atoms with van der Waals surface area (Å²) in [6.07, 6.45) is 3.89. The van der Waals surface area contributed by atoms with Crippen LogP contribution in [0.2, 0.25) is 0 Å². The summed E-state index contributed by atoms with van der Waals surface area (Å²) in [5, 5.41) is 3.79. The molecule has 9 nitrogen and oxygen atoms in total. The normalized spacial score (nSPS) is 20.5. The molecule has 4 rings (SSSR count). The van der Waals surface area contributed by atoms with Crippen LogP contribution in [0, 0.1) is 13.8 Å². The molecule has 0 aromatic carbocycles. The molecule has 150 valence electrons. The number of ether oxygens (including phenoxy) is 1. The minimum Gasteiger partial charge on any atom is -0.373 e. The van der Waals surface area contributed by atoms with Gasteiger partial charge in [-0.05, 0) is 32.8 Å². The van der Waals surface area contributed by atoms with Crippen molar-refractivity contribution in [1.29, 1.82) is 0 Å². The zero-order valence-electron chi connectivity index (χ0n) is 16.4. The first-order chi connectivity index (χ1) is 13.5. The number of aromatic nitrogens is 4. The second kappa shape index (κ2) is 7.92. The average Bonchev–Trinajstić information content (AvgIpc) is 3.01. The summed E-state index contributed by atoms with van der Waals surface area (Å²) in [6, 6.07) is 1.96. The molecule has 1 amide bonds. The van der Waals surface area contributed by atoms with Crippen LogP contribution in [-0.4, -0.2) is 67.7 Å². The third-order valence-electron chi connectivity index (χ3n) is 5.48. The summed E-state index contributed by atoms with van der Waals surface area (Å²) in [4.78, 5) is 29.8. The summed E-state index contributed by atoms with van der Waals surface area (Å²) < 4.78 is 11.4. The number of likely N-dealkylation sites (tertiary alicyclic amines) is 1. The van der Waals surface area contributed by atoms with E-state index in [0.29, 0.717) is 37.8 Å². The first-order valence-corrected chi connectivity index (χ1v) is 9.73. The van der Waals surface area contributed by atoms with E-state index in [-0.39, 0.29) is 11.5 Å². The van der Waals surface area contributed by atoms with Crippen molar-refractivity contribution < 1.29 is 14.1 Å². The molecular formula is C19H26N6O3. The van der Waals surface area contributed by atoms with Crippen LogP contribution in [0.25, 0.3) is 0 Å². The molecule has 2 saturated heterocycles. The maximum absolute atomic E-state index is 12.8. The Hall–Kier alpha value is -2.39. The van der Waals surface area contributed by atoms with E-state index in [0.717, 1.165) is 44.0 Å². The minimum absolute atomic E-state index is 0.0910. The van der Waals surface area contributed by atoms with E-state index in [1.165, 1.54) is 0 Å². The number of carbonyl (C=O) groups is 1. The van der Waals surface area contributed by atoms with Gasteiger partial charge in [0.1, 0.15) is 12.4 Å². The molecule has 0 radical (unpaired) electrons. The lowest BCUT2D eigenvalue weighted by atomic mass is 9.87. The van der Waals surface area contributed by atoms with Crippen LogP contribution >= 0.6 is 0 Å². The number of nitrogens with zero attached hydrogens (tertiary/aromatic N) is 6. The fourth-order valence-corrected chi connectivity index (χ4v) is 3.93. The van der Waals surface area contributed by atoms with Crippen LogP contribution < -0.4 is 0 Å². The summed E-state index contributed by atoms with van der Waals surface area (Å²) >= 11 is 0. The molecule has 28 heavy (non-hydrogen) atoms. The van der Waals surface area contributed by atoms with Crippen LogP contribution in [0.3, 0.4) is 0 Å². The molecule has 2 aliphatic rings. The second-order valence-electron chi connectivity index (χ2n) is 7.63. The monoisotopic (exact) mass is 386 g/mol. The van der Waals surface area contributed by atoms with Crippen molar-refractivity contribution in [2.45, 2.75) is 51.8 Å². The summed E-state index contributed by atoms with van der Waals surface area (Å²) in [6.45, 7) is 7.68. The number of hydrogen-bond donors (Lipinski definition) is 0. The predicted octanol–water partition coefficient (Wildman–Crippen LogP) is 1.26. The molecule has 2 aromatic heterocycles. The van der Waals surface area contributed by atoms with E-state index >= 15 is 0 Å². The Kier molecular flexibility index (Phi) is 5.36. The Balaban J connectivity index is 1.34. The van der Waals surface area contributed by atoms with Crippen LogP contribution in [-0.2, 0) is 22.6 Å². The Morgan fingerprint density at radius 2 is 1.93 bits per heavy atom. The van der Waals surface area contributed by atoms with E-state index in [9.17, 15) is 4.79 Å². The Morgan fingerprint density at radius 3 is 2.64 bits per heavy atom. The molecule has 0 N–H and O–H groups in total. The van der Waals surface area contributed by atoms with Gasteiger partial charge >= 0.3 is 0 Å². The number of hydrogen-bond acceptors (Lipinski definition) is 8. The van der Waals surface area contributed by atoms with Crippen molar-refractivity contribution in [3.63, 3.8) is 0 Å². The maximum Gasteiger partial charge on any atom is 0.246 e. The quantitative estimate of drug-likeness (QED) is 0.775. The van der Waals surface area contributed by atoms with Crippen molar-refractivity contribution in [3.05, 3.63) is 35.5 Å². The van der Waals surface area contributed by atoms with Crippen LogP contribution in [0.5, 0.6) is 0 Å². The molecule has 1 spiro atoms. The van der Waals surface area contributed by atoms with Crippen molar-refractivity contribution in [2.24, 2.45) is 0 Å². The number of aryl methyl sites for hydroxylation is 2. The Labute approximate surface area is 164 Å². The zero-order chi connectivity index (χ0) is 19.6. The van der Waals surface area contributed by atoms with Gasteiger partial charge in [-0.3, -0.25) is 9.69 Å². The summed E-state index contributed by atoms with van der Waals surface area (Å²) in [7, 11) is 0. The first-order valence-electron chi connectivity index (χ1n) is 9.73. The van der Waals surface area contributed by atoms with Gasteiger partial charge in [-0.2, -0.15) is 4.98 Å². The van der Waals surface area contributed by atoms with Crippen LogP contribution in [0.15, 0.2) is 16.8 Å². The Morgan fingerprint density at radius 1 is 1.11 bits per heavy atom. The highest BCUT2D eigenvalue weighted by atomic mass is 16.5. The van der Waals surface area contributed by atoms with Crippen molar-refractivity contribution in [1.82, 2.24) is 29.9 Å². The molecule has 0 saturated carbocycles. The summed E-state index contributed by atoms with van der Waals surface area (Å²) in [5.41, 5.74) is 0.664. The van der Waals surface area contributed by atoms with Gasteiger partial charge in [0, 0.05) is 32.4 Å². The molecule has 0 unspecified atom stereocenters. The molecular weight excluding hydrogens is 360 g/mol. The Bertz CT molecular complexity index is 831. The minimum atomic E-state index is -0.366. The fraction of sp³-hybridized carbons (Fsp3) is 0.632. The zero-order valence-corrected chi connectivity index (χ0v) is 16.4. The van der Waals surface area contributed by atoms with Crippen molar-refractivity contribution >= 4 is 5.91 Å². The predicted molar refractivity (Wildman–Crippen MR) is 99.0 cm³/mol. The lowest BCUT2D eigenvalue weighted by Gasteiger charge is -2.40. The third-order valence-corrected chi connectivity index (χ3v) is 5.48. The van der Waals surface area contributed by atoms with Gasteiger partial charge in [0.15, 0.2) is 5.82 Å². The molecule has 0 bridgehead atoms. The van der Waals surface area contributed by atoms with E-state index in [2.05, 4.69) is 25.0 Å². The molecule has 9 heteroatoms. The highest BCUT2D eigenvalue weighted by Crippen LogP contribution is 2.33. The first kappa shape index (κ1) is 18.9. The smallest absolute Gasteiger partial charge is 0.246 e. The van der Waals surface area contributed by atoms with Crippen molar-refractivity contribution in [3.8, 4) is 0 Å². The molecule has 4 heterocycles. The van der Waals surface area contributed by atoms with Crippen molar-refractivity contribution in [2.75, 3.05) is 26.2 Å². The third kappa shape index (κ3) is 4.36. The van der Waals surface area contributed by atoms with Gasteiger partial charge < -0.3 is 14.2 Å². The topological polar surface area (TPSA) is 97.5 Å². The molecule has 2 fully saturated rings. The van der Waals surface area contributed by atoms with E-state index in [4.69, 9.17) is 9.26 Å². The molecule has 0 atom stereocenters. The average molecular weight is 386 g/mol.